The molecule has 114 valence electrons. The summed E-state index contributed by atoms with van der Waals surface area (Å²) in [5.41, 5.74) is 2.37. The number of carbonyl (C=O) groups is 2. The lowest BCUT2D eigenvalue weighted by Crippen LogP contribution is -2.41. The number of aryl methyl sites for hydroxylation is 2. The minimum atomic E-state index is -0.537. The molecule has 0 aromatic heterocycles. The molecule has 1 unspecified atom stereocenters. The summed E-state index contributed by atoms with van der Waals surface area (Å²) >= 11 is 0. The highest BCUT2D eigenvalue weighted by molar-refractivity contribution is 5.81. The predicted octanol–water partition coefficient (Wildman–Crippen LogP) is 2.94. The van der Waals surface area contributed by atoms with Crippen LogP contribution in [0.4, 0.5) is 0 Å². The molecule has 1 saturated carbocycles. The van der Waals surface area contributed by atoms with E-state index in [1.165, 1.54) is 12.8 Å². The summed E-state index contributed by atoms with van der Waals surface area (Å²) in [7, 11) is 0. The highest BCUT2D eigenvalue weighted by atomic mass is 16.5. The summed E-state index contributed by atoms with van der Waals surface area (Å²) < 4.78 is 5.82. The zero-order valence-corrected chi connectivity index (χ0v) is 12.9. The lowest BCUT2D eigenvalue weighted by Gasteiger charge is -2.20. The van der Waals surface area contributed by atoms with Crippen LogP contribution in [-0.2, 0) is 4.79 Å². The Morgan fingerprint density at radius 3 is 2.38 bits per heavy atom. The Morgan fingerprint density at radius 2 is 1.86 bits per heavy atom. The van der Waals surface area contributed by atoms with Gasteiger partial charge in [-0.2, -0.15) is 0 Å². The molecule has 0 bridgehead atoms. The van der Waals surface area contributed by atoms with E-state index in [4.69, 9.17) is 4.74 Å². The van der Waals surface area contributed by atoms with Gasteiger partial charge in [-0.1, -0.05) is 12.8 Å². The van der Waals surface area contributed by atoms with Crippen molar-refractivity contribution in [3.05, 3.63) is 28.8 Å². The minimum Gasteiger partial charge on any atom is -0.480 e. The van der Waals surface area contributed by atoms with Crippen LogP contribution in [0.25, 0.3) is 0 Å². The van der Waals surface area contributed by atoms with Gasteiger partial charge in [0, 0.05) is 11.6 Å². The first-order chi connectivity index (χ1) is 10.0. The van der Waals surface area contributed by atoms with E-state index in [2.05, 4.69) is 5.32 Å². The molecule has 0 radical (unpaired) electrons. The maximum Gasteiger partial charge on any atom is 0.260 e. The van der Waals surface area contributed by atoms with Gasteiger partial charge in [0.15, 0.2) is 6.10 Å². The number of carbonyl (C=O) groups excluding carboxylic acids is 2. The molecule has 0 saturated heterocycles. The lowest BCUT2D eigenvalue weighted by atomic mass is 10.1. The Morgan fingerprint density at radius 1 is 1.29 bits per heavy atom. The van der Waals surface area contributed by atoms with Gasteiger partial charge in [0.25, 0.3) is 5.91 Å². The molecule has 0 heterocycles. The quantitative estimate of drug-likeness (QED) is 0.848. The van der Waals surface area contributed by atoms with Crippen LogP contribution < -0.4 is 10.1 Å². The second-order valence-electron chi connectivity index (χ2n) is 5.85. The van der Waals surface area contributed by atoms with Gasteiger partial charge in [0.1, 0.15) is 12.0 Å². The minimum absolute atomic E-state index is 0.0693. The van der Waals surface area contributed by atoms with Crippen LogP contribution in [0.15, 0.2) is 12.1 Å². The Bertz CT molecular complexity index is 510. The van der Waals surface area contributed by atoms with Crippen LogP contribution in [0.5, 0.6) is 5.75 Å². The third-order valence-corrected chi connectivity index (χ3v) is 3.98. The summed E-state index contributed by atoms with van der Waals surface area (Å²) in [6, 6.07) is 3.84. The normalized spacial score (nSPS) is 16.5. The molecule has 1 fully saturated rings. The molecule has 1 aliphatic carbocycles. The van der Waals surface area contributed by atoms with E-state index < -0.39 is 6.10 Å². The van der Waals surface area contributed by atoms with Gasteiger partial charge in [-0.3, -0.25) is 9.59 Å². The third kappa shape index (κ3) is 3.84. The van der Waals surface area contributed by atoms with Gasteiger partial charge in [0.05, 0.1) is 0 Å². The van der Waals surface area contributed by atoms with Crippen LogP contribution in [0, 0.1) is 13.8 Å². The summed E-state index contributed by atoms with van der Waals surface area (Å²) in [5, 5.41) is 3.04. The highest BCUT2D eigenvalue weighted by Crippen LogP contribution is 2.25. The molecule has 1 amide bonds. The second-order valence-corrected chi connectivity index (χ2v) is 5.85. The predicted molar refractivity (Wildman–Crippen MR) is 81.8 cm³/mol. The van der Waals surface area contributed by atoms with E-state index in [-0.39, 0.29) is 5.91 Å². The van der Waals surface area contributed by atoms with Gasteiger partial charge in [-0.25, -0.2) is 0 Å². The monoisotopic (exact) mass is 289 g/mol. The first-order valence-electron chi connectivity index (χ1n) is 7.54. The summed E-state index contributed by atoms with van der Waals surface area (Å²) in [6.07, 6.45) is 4.77. The standard InChI is InChI=1S/C17H23NO3/c1-11-8-14(10-19)9-12(2)16(11)21-13(3)17(20)18-15-6-4-5-7-15/h8-10,13,15H,4-7H2,1-3H3,(H,18,20). The number of ether oxygens (including phenoxy) is 1. The third-order valence-electron chi connectivity index (χ3n) is 3.98. The molecule has 1 aromatic rings. The molecule has 21 heavy (non-hydrogen) atoms. The van der Waals surface area contributed by atoms with Crippen LogP contribution in [-0.4, -0.2) is 24.3 Å². The fourth-order valence-electron chi connectivity index (χ4n) is 2.86. The molecule has 1 aliphatic rings. The van der Waals surface area contributed by atoms with E-state index in [1.807, 2.05) is 13.8 Å². The summed E-state index contributed by atoms with van der Waals surface area (Å²) in [5.74, 6) is 0.620. The molecule has 2 rings (SSSR count). The molecule has 0 spiro atoms. The molecule has 4 heteroatoms. The van der Waals surface area contributed by atoms with Crippen LogP contribution in [0.3, 0.4) is 0 Å². The van der Waals surface area contributed by atoms with Crippen LogP contribution >= 0.6 is 0 Å². The number of rotatable bonds is 5. The number of aldehydes is 1. The van der Waals surface area contributed by atoms with Gasteiger partial charge in [-0.05, 0) is 56.9 Å². The SMILES string of the molecule is Cc1cc(C=O)cc(C)c1OC(C)C(=O)NC1CCCC1. The molecule has 0 aliphatic heterocycles. The maximum absolute atomic E-state index is 12.2. The number of hydrogen-bond donors (Lipinski definition) is 1. The molecule has 1 N–H and O–H groups in total. The van der Waals surface area contributed by atoms with Crippen molar-refractivity contribution >= 4 is 12.2 Å². The maximum atomic E-state index is 12.2. The van der Waals surface area contributed by atoms with Crippen LogP contribution in [0.2, 0.25) is 0 Å². The zero-order valence-electron chi connectivity index (χ0n) is 12.9. The Balaban J connectivity index is 2.03. The van der Waals surface area contributed by atoms with Gasteiger partial charge < -0.3 is 10.1 Å². The van der Waals surface area contributed by atoms with Gasteiger partial charge in [-0.15, -0.1) is 0 Å². The van der Waals surface area contributed by atoms with E-state index in [1.54, 1.807) is 19.1 Å². The average molecular weight is 289 g/mol. The van der Waals surface area contributed by atoms with E-state index in [9.17, 15) is 9.59 Å². The fourth-order valence-corrected chi connectivity index (χ4v) is 2.86. The highest BCUT2D eigenvalue weighted by Gasteiger charge is 2.22. The van der Waals surface area contributed by atoms with Crippen molar-refractivity contribution in [1.29, 1.82) is 0 Å². The van der Waals surface area contributed by atoms with Crippen molar-refractivity contribution in [2.75, 3.05) is 0 Å². The largest absolute Gasteiger partial charge is 0.480 e. The van der Waals surface area contributed by atoms with Crippen molar-refractivity contribution in [3.63, 3.8) is 0 Å². The first-order valence-corrected chi connectivity index (χ1v) is 7.54. The zero-order chi connectivity index (χ0) is 15.4. The molecule has 1 atom stereocenters. The topological polar surface area (TPSA) is 55.4 Å². The van der Waals surface area contributed by atoms with E-state index >= 15 is 0 Å². The van der Waals surface area contributed by atoms with Gasteiger partial charge in [0.2, 0.25) is 0 Å². The Hall–Kier alpha value is -1.84. The molecular formula is C17H23NO3. The number of nitrogens with one attached hydrogen (secondary N) is 1. The van der Waals surface area contributed by atoms with Gasteiger partial charge >= 0.3 is 0 Å². The average Bonchev–Trinajstić information content (AvgIpc) is 2.95. The smallest absolute Gasteiger partial charge is 0.260 e. The molecule has 4 nitrogen and oxygen atoms in total. The van der Waals surface area contributed by atoms with Crippen molar-refractivity contribution in [2.45, 2.75) is 58.6 Å². The van der Waals surface area contributed by atoms with Crippen molar-refractivity contribution in [2.24, 2.45) is 0 Å². The van der Waals surface area contributed by atoms with Crippen molar-refractivity contribution < 1.29 is 14.3 Å². The number of benzene rings is 1. The first kappa shape index (κ1) is 15.5. The van der Waals surface area contributed by atoms with Crippen molar-refractivity contribution in [1.82, 2.24) is 5.32 Å². The molecular weight excluding hydrogens is 266 g/mol. The van der Waals surface area contributed by atoms with Crippen LogP contribution in [0.1, 0.15) is 54.1 Å². The Labute approximate surface area is 125 Å². The Kier molecular flexibility index (Phi) is 4.99. The van der Waals surface area contributed by atoms with E-state index in [0.717, 1.165) is 30.3 Å². The lowest BCUT2D eigenvalue weighted by molar-refractivity contribution is -0.128. The summed E-state index contributed by atoms with van der Waals surface area (Å²) in [6.45, 7) is 5.53. The molecule has 1 aromatic carbocycles. The number of amides is 1. The second kappa shape index (κ2) is 6.74. The van der Waals surface area contributed by atoms with E-state index in [0.29, 0.717) is 17.4 Å². The fraction of sp³-hybridized carbons (Fsp3) is 0.529. The van der Waals surface area contributed by atoms with Crippen molar-refractivity contribution in [3.8, 4) is 5.75 Å². The summed E-state index contributed by atoms with van der Waals surface area (Å²) in [4.78, 5) is 23.0. The number of hydrogen-bond acceptors (Lipinski definition) is 3.